The summed E-state index contributed by atoms with van der Waals surface area (Å²) in [6, 6.07) is 4.93. The van der Waals surface area contributed by atoms with Crippen molar-refractivity contribution in [2.45, 2.75) is 36.7 Å². The van der Waals surface area contributed by atoms with E-state index in [2.05, 4.69) is 10.2 Å². The van der Waals surface area contributed by atoms with E-state index in [9.17, 15) is 13.2 Å². The molecule has 1 atom stereocenters. The Balaban J connectivity index is 1.60. The average molecular weight is 424 g/mol. The van der Waals surface area contributed by atoms with E-state index in [1.165, 1.54) is 10.4 Å². The van der Waals surface area contributed by atoms with Crippen LogP contribution in [0.2, 0.25) is 0 Å². The second-order valence-electron chi connectivity index (χ2n) is 7.73. The number of nitrogens with zero attached hydrogens (tertiary/aromatic N) is 2. The smallest absolute Gasteiger partial charge is 0.253 e. The zero-order valence-corrected chi connectivity index (χ0v) is 17.5. The summed E-state index contributed by atoms with van der Waals surface area (Å²) < 4.78 is 38.4. The normalized spacial score (nSPS) is 23.4. The van der Waals surface area contributed by atoms with E-state index in [1.54, 1.807) is 12.1 Å². The minimum absolute atomic E-state index is 0.0365. The minimum atomic E-state index is -3.66. The molecule has 1 N–H and O–H groups in total. The van der Waals surface area contributed by atoms with Gasteiger partial charge in [0.15, 0.2) is 0 Å². The molecule has 0 bridgehead atoms. The first kappa shape index (κ1) is 20.6. The van der Waals surface area contributed by atoms with E-state index in [0.717, 1.165) is 51.1 Å². The fourth-order valence-electron chi connectivity index (χ4n) is 4.13. The van der Waals surface area contributed by atoms with Crippen molar-refractivity contribution < 1.29 is 22.7 Å². The molecule has 8 nitrogen and oxygen atoms in total. The summed E-state index contributed by atoms with van der Waals surface area (Å²) in [7, 11) is -3.66. The average Bonchev–Trinajstić information content (AvgIpc) is 3.46. The Hall–Kier alpha value is -1.68. The number of amides is 1. The highest BCUT2D eigenvalue weighted by atomic mass is 32.2. The van der Waals surface area contributed by atoms with Gasteiger partial charge in [-0.2, -0.15) is 4.31 Å². The Labute approximate surface area is 172 Å². The van der Waals surface area contributed by atoms with Crippen LogP contribution in [0.4, 0.5) is 5.69 Å². The number of morpholine rings is 1. The van der Waals surface area contributed by atoms with Gasteiger partial charge in [0.1, 0.15) is 0 Å². The highest BCUT2D eigenvalue weighted by Crippen LogP contribution is 2.29. The number of hydrogen-bond acceptors (Lipinski definition) is 6. The zero-order valence-electron chi connectivity index (χ0n) is 16.6. The molecule has 1 aromatic carbocycles. The number of rotatable bonds is 6. The third-order valence-electron chi connectivity index (χ3n) is 5.78. The van der Waals surface area contributed by atoms with E-state index >= 15 is 0 Å². The predicted molar refractivity (Wildman–Crippen MR) is 109 cm³/mol. The van der Waals surface area contributed by atoms with Crippen LogP contribution in [-0.2, 0) is 19.5 Å². The summed E-state index contributed by atoms with van der Waals surface area (Å²) >= 11 is 0. The molecule has 0 radical (unpaired) electrons. The van der Waals surface area contributed by atoms with Crippen LogP contribution in [0.1, 0.15) is 36.0 Å². The SMILES string of the molecule is O=C(NCC1CCCO1)c1cc(S(=O)(=O)N2CCOCC2)ccc1N1CCCC1. The van der Waals surface area contributed by atoms with Gasteiger partial charge >= 0.3 is 0 Å². The van der Waals surface area contributed by atoms with Crippen LogP contribution in [0.5, 0.6) is 0 Å². The molecule has 1 unspecified atom stereocenters. The predicted octanol–water partition coefficient (Wildman–Crippen LogP) is 1.22. The summed E-state index contributed by atoms with van der Waals surface area (Å²) in [5.74, 6) is -0.249. The van der Waals surface area contributed by atoms with Crippen molar-refractivity contribution in [3.63, 3.8) is 0 Å². The van der Waals surface area contributed by atoms with Crippen molar-refractivity contribution in [2.24, 2.45) is 0 Å². The van der Waals surface area contributed by atoms with Crippen molar-refractivity contribution in [3.8, 4) is 0 Å². The Morgan fingerprint density at radius 2 is 1.83 bits per heavy atom. The molecule has 3 aliphatic heterocycles. The van der Waals surface area contributed by atoms with Crippen LogP contribution in [0.3, 0.4) is 0 Å². The molecular weight excluding hydrogens is 394 g/mol. The highest BCUT2D eigenvalue weighted by molar-refractivity contribution is 7.89. The van der Waals surface area contributed by atoms with Gasteiger partial charge in [-0.05, 0) is 43.9 Å². The van der Waals surface area contributed by atoms with Gasteiger partial charge in [-0.1, -0.05) is 0 Å². The molecule has 29 heavy (non-hydrogen) atoms. The first-order valence-electron chi connectivity index (χ1n) is 10.4. The van der Waals surface area contributed by atoms with Crippen molar-refractivity contribution in [1.82, 2.24) is 9.62 Å². The summed E-state index contributed by atoms with van der Waals surface area (Å²) in [5, 5.41) is 2.94. The number of benzene rings is 1. The van der Waals surface area contributed by atoms with Gasteiger partial charge in [0, 0.05) is 45.0 Å². The van der Waals surface area contributed by atoms with Gasteiger partial charge < -0.3 is 19.7 Å². The number of carbonyl (C=O) groups excluding carboxylic acids is 1. The van der Waals surface area contributed by atoms with E-state index in [1.807, 2.05) is 0 Å². The molecular formula is C20H29N3O5S. The number of sulfonamides is 1. The number of carbonyl (C=O) groups is 1. The van der Waals surface area contributed by atoms with E-state index in [-0.39, 0.29) is 16.9 Å². The van der Waals surface area contributed by atoms with E-state index < -0.39 is 10.0 Å². The monoisotopic (exact) mass is 423 g/mol. The Morgan fingerprint density at radius 1 is 1.07 bits per heavy atom. The van der Waals surface area contributed by atoms with Gasteiger partial charge in [-0.3, -0.25) is 4.79 Å². The maximum atomic E-state index is 13.1. The van der Waals surface area contributed by atoms with Crippen molar-refractivity contribution in [1.29, 1.82) is 0 Å². The van der Waals surface area contributed by atoms with Crippen molar-refractivity contribution >= 4 is 21.6 Å². The minimum Gasteiger partial charge on any atom is -0.379 e. The lowest BCUT2D eigenvalue weighted by atomic mass is 10.1. The quantitative estimate of drug-likeness (QED) is 0.740. The Morgan fingerprint density at radius 3 is 2.52 bits per heavy atom. The second-order valence-corrected chi connectivity index (χ2v) is 9.67. The maximum absolute atomic E-state index is 13.1. The van der Waals surface area contributed by atoms with Gasteiger partial charge in [-0.15, -0.1) is 0 Å². The third-order valence-corrected chi connectivity index (χ3v) is 7.68. The molecule has 160 valence electrons. The fourth-order valence-corrected chi connectivity index (χ4v) is 5.57. The van der Waals surface area contributed by atoms with Crippen LogP contribution >= 0.6 is 0 Å². The third kappa shape index (κ3) is 4.58. The maximum Gasteiger partial charge on any atom is 0.253 e. The molecule has 4 rings (SSSR count). The van der Waals surface area contributed by atoms with Crippen LogP contribution in [0.25, 0.3) is 0 Å². The fraction of sp³-hybridized carbons (Fsp3) is 0.650. The number of hydrogen-bond donors (Lipinski definition) is 1. The lowest BCUT2D eigenvalue weighted by Gasteiger charge is -2.27. The van der Waals surface area contributed by atoms with Crippen LogP contribution in [0.15, 0.2) is 23.1 Å². The van der Waals surface area contributed by atoms with Crippen LogP contribution in [0, 0.1) is 0 Å². The second kappa shape index (κ2) is 8.99. The summed E-state index contributed by atoms with van der Waals surface area (Å²) in [4.78, 5) is 15.3. The van der Waals surface area contributed by atoms with Crippen LogP contribution < -0.4 is 10.2 Å². The van der Waals surface area contributed by atoms with Crippen molar-refractivity contribution in [2.75, 3.05) is 57.4 Å². The van der Waals surface area contributed by atoms with Gasteiger partial charge in [0.05, 0.1) is 29.8 Å². The molecule has 9 heteroatoms. The van der Waals surface area contributed by atoms with E-state index in [0.29, 0.717) is 38.4 Å². The Kier molecular flexibility index (Phi) is 6.38. The number of nitrogens with one attached hydrogen (secondary N) is 1. The molecule has 3 fully saturated rings. The number of anilines is 1. The Bertz CT molecular complexity index is 827. The first-order valence-corrected chi connectivity index (χ1v) is 11.9. The molecule has 1 amide bonds. The molecule has 3 aliphatic rings. The molecule has 0 saturated carbocycles. The largest absolute Gasteiger partial charge is 0.379 e. The summed E-state index contributed by atoms with van der Waals surface area (Å²) in [6.07, 6.45) is 4.13. The number of ether oxygens (including phenoxy) is 2. The van der Waals surface area contributed by atoms with Gasteiger partial charge in [0.2, 0.25) is 10.0 Å². The zero-order chi connectivity index (χ0) is 20.3. The molecule has 3 saturated heterocycles. The molecule has 0 aromatic heterocycles. The molecule has 0 spiro atoms. The summed E-state index contributed by atoms with van der Waals surface area (Å²) in [6.45, 7) is 4.36. The molecule has 1 aromatic rings. The highest BCUT2D eigenvalue weighted by Gasteiger charge is 2.29. The van der Waals surface area contributed by atoms with Crippen molar-refractivity contribution in [3.05, 3.63) is 23.8 Å². The molecule has 0 aliphatic carbocycles. The summed E-state index contributed by atoms with van der Waals surface area (Å²) in [5.41, 5.74) is 1.22. The first-order chi connectivity index (χ1) is 14.1. The topological polar surface area (TPSA) is 88.2 Å². The lowest BCUT2D eigenvalue weighted by molar-refractivity contribution is 0.0730. The molecule has 3 heterocycles. The lowest BCUT2D eigenvalue weighted by Crippen LogP contribution is -2.40. The van der Waals surface area contributed by atoms with E-state index in [4.69, 9.17) is 9.47 Å². The van der Waals surface area contributed by atoms with Gasteiger partial charge in [-0.25, -0.2) is 8.42 Å². The van der Waals surface area contributed by atoms with Crippen LogP contribution in [-0.4, -0.2) is 77.3 Å². The standard InChI is InChI=1S/C20H29N3O5S/c24-20(21-15-16-4-3-11-28-16)18-14-17(5-6-19(18)22-7-1-2-8-22)29(25,26)23-9-12-27-13-10-23/h5-6,14,16H,1-4,7-13,15H2,(H,21,24). The van der Waals surface area contributed by atoms with Gasteiger partial charge in [0.25, 0.3) is 5.91 Å².